The molecule has 0 unspecified atom stereocenters. The minimum atomic E-state index is -0.0615. The fourth-order valence-corrected chi connectivity index (χ4v) is 3.19. The van der Waals surface area contributed by atoms with E-state index in [9.17, 15) is 4.79 Å². The fraction of sp³-hybridized carbons (Fsp3) is 0.333. The van der Waals surface area contributed by atoms with E-state index < -0.39 is 0 Å². The van der Waals surface area contributed by atoms with Crippen LogP contribution in [0.15, 0.2) is 36.5 Å². The van der Waals surface area contributed by atoms with Crippen molar-refractivity contribution in [1.82, 2.24) is 10.3 Å². The first-order valence-corrected chi connectivity index (χ1v) is 7.58. The normalized spacial score (nSPS) is 16.9. The van der Waals surface area contributed by atoms with E-state index in [0.717, 1.165) is 29.1 Å². The highest BCUT2D eigenvalue weighted by atomic mass is 79.9. The van der Waals surface area contributed by atoms with Crippen molar-refractivity contribution in [2.24, 2.45) is 0 Å². The van der Waals surface area contributed by atoms with Gasteiger partial charge in [-0.2, -0.15) is 0 Å². The number of nitrogens with zero attached hydrogens (tertiary/aromatic N) is 1. The number of hydrogen-bond donors (Lipinski definition) is 1. The van der Waals surface area contributed by atoms with E-state index in [1.54, 1.807) is 6.20 Å². The van der Waals surface area contributed by atoms with Crippen molar-refractivity contribution in [3.8, 4) is 0 Å². The number of nitrogens with one attached hydrogen (secondary N) is 1. The number of rotatable bonds is 3. The molecule has 1 aromatic heterocycles. The zero-order chi connectivity index (χ0) is 13.3. The number of hydrogen-bond acceptors (Lipinski definition) is 2. The molecule has 0 radical (unpaired) electrons. The first-order valence-electron chi connectivity index (χ1n) is 6.46. The lowest BCUT2D eigenvalue weighted by Crippen LogP contribution is -2.54. The van der Waals surface area contributed by atoms with Crippen molar-refractivity contribution in [2.75, 3.05) is 5.33 Å². The molecule has 98 valence electrons. The summed E-state index contributed by atoms with van der Waals surface area (Å²) in [4.78, 5) is 16.8. The van der Waals surface area contributed by atoms with Gasteiger partial charge in [0.05, 0.1) is 16.6 Å². The van der Waals surface area contributed by atoms with E-state index in [-0.39, 0.29) is 11.4 Å². The third kappa shape index (κ3) is 2.25. The summed E-state index contributed by atoms with van der Waals surface area (Å²) in [7, 11) is 0. The molecule has 1 N–H and O–H groups in total. The lowest BCUT2D eigenvalue weighted by molar-refractivity contribution is 0.0858. The van der Waals surface area contributed by atoms with E-state index in [4.69, 9.17) is 0 Å². The van der Waals surface area contributed by atoms with Gasteiger partial charge in [0, 0.05) is 16.9 Å². The minimum Gasteiger partial charge on any atom is -0.346 e. The molecule has 0 atom stereocenters. The molecule has 3 nitrogen and oxygen atoms in total. The molecule has 2 aromatic rings. The second-order valence-electron chi connectivity index (χ2n) is 5.10. The zero-order valence-electron chi connectivity index (χ0n) is 10.5. The van der Waals surface area contributed by atoms with Crippen LogP contribution in [0.4, 0.5) is 0 Å². The predicted octanol–water partition coefficient (Wildman–Crippen LogP) is 3.28. The van der Waals surface area contributed by atoms with E-state index in [0.29, 0.717) is 5.56 Å². The number of para-hydroxylation sites is 1. The second-order valence-corrected chi connectivity index (χ2v) is 5.66. The Hall–Kier alpha value is -1.42. The Morgan fingerprint density at radius 1 is 1.32 bits per heavy atom. The van der Waals surface area contributed by atoms with Crippen LogP contribution in [0, 0.1) is 0 Å². The maximum Gasteiger partial charge on any atom is 0.253 e. The molecule has 3 rings (SSSR count). The number of halogens is 1. The average molecular weight is 319 g/mol. The number of amides is 1. The number of carbonyl (C=O) groups is 1. The highest BCUT2D eigenvalue weighted by Gasteiger charge is 2.37. The molecule has 1 fully saturated rings. The number of pyridine rings is 1. The first-order chi connectivity index (χ1) is 9.24. The second kappa shape index (κ2) is 4.93. The first kappa shape index (κ1) is 12.6. The molecule has 4 heteroatoms. The van der Waals surface area contributed by atoms with Crippen molar-refractivity contribution in [1.29, 1.82) is 0 Å². The SMILES string of the molecule is O=C(NC1(CBr)CCC1)c1cccc2cccnc12. The van der Waals surface area contributed by atoms with E-state index in [2.05, 4.69) is 26.2 Å². The summed E-state index contributed by atoms with van der Waals surface area (Å²) in [6, 6.07) is 9.58. The smallest absolute Gasteiger partial charge is 0.253 e. The van der Waals surface area contributed by atoms with E-state index in [1.165, 1.54) is 6.42 Å². The summed E-state index contributed by atoms with van der Waals surface area (Å²) in [6.07, 6.45) is 4.99. The molecule has 19 heavy (non-hydrogen) atoms. The van der Waals surface area contributed by atoms with Crippen molar-refractivity contribution in [3.63, 3.8) is 0 Å². The maximum absolute atomic E-state index is 12.5. The van der Waals surface area contributed by atoms with Crippen LogP contribution in [0.1, 0.15) is 29.6 Å². The average Bonchev–Trinajstić information content (AvgIpc) is 2.42. The molecule has 1 aromatic carbocycles. The number of aromatic nitrogens is 1. The van der Waals surface area contributed by atoms with Gasteiger partial charge in [-0.3, -0.25) is 9.78 Å². The minimum absolute atomic E-state index is 0.0246. The Morgan fingerprint density at radius 2 is 2.11 bits per heavy atom. The Bertz CT molecular complexity index is 612. The molecule has 0 saturated heterocycles. The van der Waals surface area contributed by atoms with Crippen LogP contribution in [0.2, 0.25) is 0 Å². The molecule has 1 saturated carbocycles. The Labute approximate surface area is 120 Å². The summed E-state index contributed by atoms with van der Waals surface area (Å²) in [5, 5.41) is 4.97. The van der Waals surface area contributed by atoms with Crippen molar-refractivity contribution in [3.05, 3.63) is 42.1 Å². The van der Waals surface area contributed by atoms with Crippen LogP contribution in [0.5, 0.6) is 0 Å². The van der Waals surface area contributed by atoms with Gasteiger partial charge < -0.3 is 5.32 Å². The van der Waals surface area contributed by atoms with Crippen molar-refractivity contribution < 1.29 is 4.79 Å². The van der Waals surface area contributed by atoms with Gasteiger partial charge in [0.2, 0.25) is 0 Å². The van der Waals surface area contributed by atoms with Crippen LogP contribution in [-0.4, -0.2) is 21.8 Å². The van der Waals surface area contributed by atoms with Gasteiger partial charge in [-0.05, 0) is 31.4 Å². The standard InChI is InChI=1S/C15H15BrN2O/c16-10-15(7-3-8-15)18-14(19)12-6-1-4-11-5-2-9-17-13(11)12/h1-2,4-6,9H,3,7-8,10H2,(H,18,19). The quantitative estimate of drug-likeness (QED) is 0.882. The van der Waals surface area contributed by atoms with Gasteiger partial charge in [-0.15, -0.1) is 0 Å². The maximum atomic E-state index is 12.5. The topological polar surface area (TPSA) is 42.0 Å². The monoisotopic (exact) mass is 318 g/mol. The number of benzene rings is 1. The summed E-state index contributed by atoms with van der Waals surface area (Å²) >= 11 is 3.50. The van der Waals surface area contributed by atoms with Crippen molar-refractivity contribution in [2.45, 2.75) is 24.8 Å². The molecule has 1 heterocycles. The van der Waals surface area contributed by atoms with Gasteiger partial charge in [-0.25, -0.2) is 0 Å². The third-order valence-corrected chi connectivity index (χ3v) is 4.90. The van der Waals surface area contributed by atoms with Gasteiger partial charge in [0.15, 0.2) is 0 Å². The molecule has 0 bridgehead atoms. The molecule has 0 spiro atoms. The Balaban J connectivity index is 1.93. The summed E-state index contributed by atoms with van der Waals surface area (Å²) in [5.74, 6) is -0.0246. The van der Waals surface area contributed by atoms with Crippen LogP contribution in [-0.2, 0) is 0 Å². The molecule has 1 aliphatic carbocycles. The summed E-state index contributed by atoms with van der Waals surface area (Å²) in [6.45, 7) is 0. The Kier molecular flexibility index (Phi) is 3.27. The lowest BCUT2D eigenvalue weighted by Gasteiger charge is -2.41. The molecule has 0 aliphatic heterocycles. The summed E-state index contributed by atoms with van der Waals surface area (Å²) in [5.41, 5.74) is 1.37. The van der Waals surface area contributed by atoms with Crippen molar-refractivity contribution >= 4 is 32.7 Å². The van der Waals surface area contributed by atoms with Gasteiger partial charge >= 0.3 is 0 Å². The van der Waals surface area contributed by atoms with Crippen LogP contribution >= 0.6 is 15.9 Å². The van der Waals surface area contributed by atoms with E-state index in [1.807, 2.05) is 30.3 Å². The van der Waals surface area contributed by atoms with Gasteiger partial charge in [0.1, 0.15) is 0 Å². The molecule has 1 amide bonds. The largest absolute Gasteiger partial charge is 0.346 e. The third-order valence-electron chi connectivity index (χ3n) is 3.82. The van der Waals surface area contributed by atoms with Crippen LogP contribution < -0.4 is 5.32 Å². The predicted molar refractivity (Wildman–Crippen MR) is 79.6 cm³/mol. The lowest BCUT2D eigenvalue weighted by atomic mass is 9.78. The zero-order valence-corrected chi connectivity index (χ0v) is 12.1. The fourth-order valence-electron chi connectivity index (χ4n) is 2.49. The highest BCUT2D eigenvalue weighted by Crippen LogP contribution is 2.33. The number of fused-ring (bicyclic) bond motifs is 1. The Morgan fingerprint density at radius 3 is 2.79 bits per heavy atom. The van der Waals surface area contributed by atoms with Crippen LogP contribution in [0.25, 0.3) is 10.9 Å². The van der Waals surface area contributed by atoms with Gasteiger partial charge in [-0.1, -0.05) is 34.1 Å². The highest BCUT2D eigenvalue weighted by molar-refractivity contribution is 9.09. The molecule has 1 aliphatic rings. The summed E-state index contributed by atoms with van der Waals surface area (Å²) < 4.78 is 0. The molecular formula is C15H15BrN2O. The number of alkyl halides is 1. The van der Waals surface area contributed by atoms with Gasteiger partial charge in [0.25, 0.3) is 5.91 Å². The van der Waals surface area contributed by atoms with E-state index >= 15 is 0 Å². The van der Waals surface area contributed by atoms with Crippen LogP contribution in [0.3, 0.4) is 0 Å². The number of carbonyl (C=O) groups excluding carboxylic acids is 1. The molecular weight excluding hydrogens is 304 g/mol.